The zero-order valence-electron chi connectivity index (χ0n) is 9.35. The molecule has 0 aliphatic carbocycles. The summed E-state index contributed by atoms with van der Waals surface area (Å²) in [7, 11) is 0. The Labute approximate surface area is 103 Å². The summed E-state index contributed by atoms with van der Waals surface area (Å²) in [4.78, 5) is 15.7. The number of nitrogens with two attached hydrogens (primary N) is 1. The molecule has 0 saturated heterocycles. The molecule has 0 spiro atoms. The molecule has 1 amide bonds. The first-order valence-electron chi connectivity index (χ1n) is 5.18. The predicted molar refractivity (Wildman–Crippen MR) is 66.4 cm³/mol. The number of nitrogens with zero attached hydrogens (tertiary/aromatic N) is 1. The van der Waals surface area contributed by atoms with E-state index < -0.39 is 0 Å². The number of hydrogen-bond donors (Lipinski definition) is 3. The molecule has 5 nitrogen and oxygen atoms in total. The molecule has 0 saturated carbocycles. The van der Waals surface area contributed by atoms with Gasteiger partial charge >= 0.3 is 0 Å². The van der Waals surface area contributed by atoms with Crippen LogP contribution in [0.1, 0.15) is 10.5 Å². The molecule has 2 rings (SSSR count). The van der Waals surface area contributed by atoms with E-state index in [0.29, 0.717) is 11.4 Å². The van der Waals surface area contributed by atoms with Crippen LogP contribution < -0.4 is 16.6 Å². The van der Waals surface area contributed by atoms with Crippen molar-refractivity contribution < 1.29 is 9.18 Å². The van der Waals surface area contributed by atoms with E-state index in [1.165, 1.54) is 36.5 Å². The fraction of sp³-hybridized carbons (Fsp3) is 0. The molecular weight excluding hydrogens is 235 g/mol. The minimum absolute atomic E-state index is 0.248. The van der Waals surface area contributed by atoms with Gasteiger partial charge in [-0.2, -0.15) is 0 Å². The molecule has 92 valence electrons. The van der Waals surface area contributed by atoms with Gasteiger partial charge in [-0.1, -0.05) is 0 Å². The van der Waals surface area contributed by atoms with Gasteiger partial charge in [-0.3, -0.25) is 10.6 Å². The van der Waals surface area contributed by atoms with Crippen molar-refractivity contribution in [3.8, 4) is 0 Å². The Morgan fingerprint density at radius 2 is 1.78 bits per heavy atom. The van der Waals surface area contributed by atoms with E-state index in [0.717, 1.165) is 0 Å². The molecule has 0 unspecified atom stereocenters. The quantitative estimate of drug-likeness (QED) is 0.569. The number of carbonyl (C=O) groups is 1. The van der Waals surface area contributed by atoms with Gasteiger partial charge in [-0.15, -0.1) is 0 Å². The standard InChI is InChI=1S/C12H11FN4O/c13-8-1-3-9(4-2-8)16-12(18)11-6-5-10(17-14)7-15-11/h1-7,17H,14H2,(H,16,18). The minimum Gasteiger partial charge on any atom is -0.323 e. The Bertz CT molecular complexity index is 539. The van der Waals surface area contributed by atoms with Gasteiger partial charge in [0.05, 0.1) is 11.9 Å². The summed E-state index contributed by atoms with van der Waals surface area (Å²) in [5.74, 6) is 4.46. The van der Waals surface area contributed by atoms with E-state index in [9.17, 15) is 9.18 Å². The van der Waals surface area contributed by atoms with Crippen LogP contribution in [0.2, 0.25) is 0 Å². The van der Waals surface area contributed by atoms with Crippen molar-refractivity contribution in [3.05, 3.63) is 54.1 Å². The number of benzene rings is 1. The highest BCUT2D eigenvalue weighted by atomic mass is 19.1. The Kier molecular flexibility index (Phi) is 3.49. The molecular formula is C12H11FN4O. The molecule has 2 aromatic rings. The molecule has 4 N–H and O–H groups in total. The molecule has 1 heterocycles. The Morgan fingerprint density at radius 1 is 1.11 bits per heavy atom. The molecule has 6 heteroatoms. The van der Waals surface area contributed by atoms with Crippen LogP contribution in [-0.4, -0.2) is 10.9 Å². The maximum Gasteiger partial charge on any atom is 0.274 e. The number of halogens is 1. The summed E-state index contributed by atoms with van der Waals surface area (Å²) >= 11 is 0. The minimum atomic E-state index is -0.370. The summed E-state index contributed by atoms with van der Waals surface area (Å²) < 4.78 is 12.7. The lowest BCUT2D eigenvalue weighted by Crippen LogP contribution is -2.14. The third-order valence-corrected chi connectivity index (χ3v) is 2.26. The first-order valence-corrected chi connectivity index (χ1v) is 5.18. The molecule has 0 bridgehead atoms. The van der Waals surface area contributed by atoms with Gasteiger partial charge in [0, 0.05) is 5.69 Å². The molecule has 0 aliphatic heterocycles. The maximum absolute atomic E-state index is 12.7. The van der Waals surface area contributed by atoms with Gasteiger partial charge in [0.1, 0.15) is 11.5 Å². The second kappa shape index (κ2) is 5.24. The number of amides is 1. The van der Waals surface area contributed by atoms with E-state index in [1.54, 1.807) is 6.07 Å². The van der Waals surface area contributed by atoms with E-state index in [4.69, 9.17) is 5.84 Å². The fourth-order valence-electron chi connectivity index (χ4n) is 1.34. The highest BCUT2D eigenvalue weighted by Gasteiger charge is 2.07. The number of rotatable bonds is 3. The molecule has 0 radical (unpaired) electrons. The third kappa shape index (κ3) is 2.80. The monoisotopic (exact) mass is 246 g/mol. The largest absolute Gasteiger partial charge is 0.323 e. The Hall–Kier alpha value is -2.47. The number of nitrogens with one attached hydrogen (secondary N) is 2. The fourth-order valence-corrected chi connectivity index (χ4v) is 1.34. The van der Waals surface area contributed by atoms with E-state index >= 15 is 0 Å². The van der Waals surface area contributed by atoms with Crippen LogP contribution in [0.4, 0.5) is 15.8 Å². The molecule has 0 aliphatic rings. The average molecular weight is 246 g/mol. The van der Waals surface area contributed by atoms with Crippen LogP contribution in [0.5, 0.6) is 0 Å². The average Bonchev–Trinajstić information content (AvgIpc) is 2.41. The second-order valence-electron chi connectivity index (χ2n) is 3.54. The van der Waals surface area contributed by atoms with Gasteiger partial charge in [0.25, 0.3) is 5.91 Å². The summed E-state index contributed by atoms with van der Waals surface area (Å²) in [6.45, 7) is 0. The zero-order valence-corrected chi connectivity index (χ0v) is 9.35. The first kappa shape index (κ1) is 12.0. The van der Waals surface area contributed by atoms with Crippen molar-refractivity contribution in [3.63, 3.8) is 0 Å². The van der Waals surface area contributed by atoms with Gasteiger partial charge in [-0.25, -0.2) is 9.37 Å². The summed E-state index contributed by atoms with van der Waals surface area (Å²) in [5, 5.41) is 2.60. The highest BCUT2D eigenvalue weighted by Crippen LogP contribution is 2.10. The smallest absolute Gasteiger partial charge is 0.274 e. The highest BCUT2D eigenvalue weighted by molar-refractivity contribution is 6.02. The van der Waals surface area contributed by atoms with Crippen LogP contribution >= 0.6 is 0 Å². The Balaban J connectivity index is 2.09. The van der Waals surface area contributed by atoms with Gasteiger partial charge in [0.15, 0.2) is 0 Å². The van der Waals surface area contributed by atoms with Gasteiger partial charge < -0.3 is 10.7 Å². The van der Waals surface area contributed by atoms with Crippen molar-refractivity contribution in [2.45, 2.75) is 0 Å². The van der Waals surface area contributed by atoms with Crippen molar-refractivity contribution in [1.82, 2.24) is 4.98 Å². The number of aromatic nitrogens is 1. The maximum atomic E-state index is 12.7. The number of anilines is 2. The van der Waals surface area contributed by atoms with Gasteiger partial charge in [0.2, 0.25) is 0 Å². The van der Waals surface area contributed by atoms with E-state index in [-0.39, 0.29) is 17.4 Å². The van der Waals surface area contributed by atoms with Crippen molar-refractivity contribution in [2.75, 3.05) is 10.7 Å². The molecule has 1 aromatic heterocycles. The second-order valence-corrected chi connectivity index (χ2v) is 3.54. The molecule has 1 aromatic carbocycles. The van der Waals surface area contributed by atoms with Gasteiger partial charge in [-0.05, 0) is 36.4 Å². The zero-order chi connectivity index (χ0) is 13.0. The van der Waals surface area contributed by atoms with Crippen LogP contribution in [0.25, 0.3) is 0 Å². The summed E-state index contributed by atoms with van der Waals surface area (Å²) in [5.41, 5.74) is 3.77. The number of hydrogen-bond acceptors (Lipinski definition) is 4. The van der Waals surface area contributed by atoms with Crippen LogP contribution in [0, 0.1) is 5.82 Å². The van der Waals surface area contributed by atoms with E-state index in [2.05, 4.69) is 15.7 Å². The van der Waals surface area contributed by atoms with Crippen molar-refractivity contribution in [1.29, 1.82) is 0 Å². The number of nitrogen functional groups attached to an aromatic ring is 1. The lowest BCUT2D eigenvalue weighted by molar-refractivity contribution is 0.102. The molecule has 0 fully saturated rings. The number of carbonyl (C=O) groups excluding carboxylic acids is 1. The normalized spacial score (nSPS) is 9.89. The first-order chi connectivity index (χ1) is 8.69. The van der Waals surface area contributed by atoms with Crippen LogP contribution in [-0.2, 0) is 0 Å². The predicted octanol–water partition coefficient (Wildman–Crippen LogP) is 1.76. The Morgan fingerprint density at radius 3 is 2.33 bits per heavy atom. The van der Waals surface area contributed by atoms with E-state index in [1.807, 2.05) is 0 Å². The molecule has 18 heavy (non-hydrogen) atoms. The number of pyridine rings is 1. The molecule has 0 atom stereocenters. The number of hydrazine groups is 1. The van der Waals surface area contributed by atoms with Crippen molar-refractivity contribution >= 4 is 17.3 Å². The van der Waals surface area contributed by atoms with Crippen LogP contribution in [0.15, 0.2) is 42.6 Å². The third-order valence-electron chi connectivity index (χ3n) is 2.26. The summed E-state index contributed by atoms with van der Waals surface area (Å²) in [6.07, 6.45) is 1.44. The van der Waals surface area contributed by atoms with Crippen LogP contribution in [0.3, 0.4) is 0 Å². The topological polar surface area (TPSA) is 80.0 Å². The van der Waals surface area contributed by atoms with Crippen molar-refractivity contribution in [2.24, 2.45) is 5.84 Å². The lowest BCUT2D eigenvalue weighted by Gasteiger charge is -2.05. The summed E-state index contributed by atoms with van der Waals surface area (Å²) in [6, 6.07) is 8.65. The lowest BCUT2D eigenvalue weighted by atomic mass is 10.3. The SMILES string of the molecule is NNc1ccc(C(=O)Nc2ccc(F)cc2)nc1.